The molecule has 0 radical (unpaired) electrons. The Hall–Kier alpha value is -0.410. The van der Waals surface area contributed by atoms with E-state index in [9.17, 15) is 9.90 Å². The Morgan fingerprint density at radius 1 is 1.30 bits per heavy atom. The molecular weight excluding hydrogens is 250 g/mol. The fourth-order valence-electron chi connectivity index (χ4n) is 5.14. The van der Waals surface area contributed by atoms with E-state index in [2.05, 4.69) is 25.7 Å². The summed E-state index contributed by atoms with van der Waals surface area (Å²) in [6.45, 7) is 9.55. The first kappa shape index (κ1) is 14.5. The zero-order valence-corrected chi connectivity index (χ0v) is 13.2. The first-order chi connectivity index (χ1) is 9.38. The molecular formula is C17H29NO2. The predicted molar refractivity (Wildman–Crippen MR) is 79.4 cm³/mol. The van der Waals surface area contributed by atoms with Crippen LogP contribution in [0.4, 0.5) is 0 Å². The quantitative estimate of drug-likeness (QED) is 0.863. The molecule has 1 N–H and O–H groups in total. The third-order valence-corrected chi connectivity index (χ3v) is 6.86. The SMILES string of the molecule is CC1CCN(C[C@H](O)[C@]23CC[C@H](CC2=O)C3(C)C)CC1. The van der Waals surface area contributed by atoms with Crippen molar-refractivity contribution in [2.24, 2.45) is 22.7 Å². The molecule has 3 rings (SSSR count). The Kier molecular flexibility index (Phi) is 3.49. The topological polar surface area (TPSA) is 40.5 Å². The molecule has 0 amide bonds. The van der Waals surface area contributed by atoms with E-state index in [1.165, 1.54) is 12.8 Å². The predicted octanol–water partition coefficient (Wildman–Crippen LogP) is 2.47. The summed E-state index contributed by atoms with van der Waals surface area (Å²) in [5.41, 5.74) is -0.479. The molecule has 0 aromatic rings. The maximum atomic E-state index is 12.5. The van der Waals surface area contributed by atoms with Gasteiger partial charge in [0, 0.05) is 13.0 Å². The number of aliphatic hydroxyl groups is 1. The summed E-state index contributed by atoms with van der Waals surface area (Å²) in [6.07, 6.45) is 4.67. The van der Waals surface area contributed by atoms with Gasteiger partial charge in [0.05, 0.1) is 11.5 Å². The Labute approximate surface area is 122 Å². The van der Waals surface area contributed by atoms with E-state index in [1.807, 2.05) is 0 Å². The lowest BCUT2D eigenvalue weighted by Gasteiger charge is -2.43. The van der Waals surface area contributed by atoms with Gasteiger partial charge in [-0.05, 0) is 56.0 Å². The molecule has 1 heterocycles. The van der Waals surface area contributed by atoms with Crippen molar-refractivity contribution in [2.45, 2.75) is 59.0 Å². The zero-order valence-electron chi connectivity index (χ0n) is 13.2. The summed E-state index contributed by atoms with van der Waals surface area (Å²) >= 11 is 0. The molecule has 20 heavy (non-hydrogen) atoms. The normalized spacial score (nSPS) is 39.4. The number of fused-ring (bicyclic) bond motifs is 2. The summed E-state index contributed by atoms with van der Waals surface area (Å²) in [5.74, 6) is 1.63. The number of β-amino-alcohol motifs (C(OH)–C–C–N with tert-alkyl or cyclic N) is 1. The summed E-state index contributed by atoms with van der Waals surface area (Å²) in [7, 11) is 0. The molecule has 3 heteroatoms. The van der Waals surface area contributed by atoms with Gasteiger partial charge in [0.2, 0.25) is 0 Å². The van der Waals surface area contributed by atoms with E-state index in [-0.39, 0.29) is 5.41 Å². The Bertz CT molecular complexity index is 398. The van der Waals surface area contributed by atoms with Gasteiger partial charge in [0.25, 0.3) is 0 Å². The summed E-state index contributed by atoms with van der Waals surface area (Å²) in [6, 6.07) is 0. The molecule has 0 aromatic carbocycles. The van der Waals surface area contributed by atoms with Crippen molar-refractivity contribution in [3.63, 3.8) is 0 Å². The first-order valence-electron chi connectivity index (χ1n) is 8.31. The monoisotopic (exact) mass is 279 g/mol. The fourth-order valence-corrected chi connectivity index (χ4v) is 5.14. The van der Waals surface area contributed by atoms with Gasteiger partial charge in [-0.15, -0.1) is 0 Å². The minimum atomic E-state index is -0.481. The van der Waals surface area contributed by atoms with Crippen LogP contribution in [-0.4, -0.2) is 41.5 Å². The molecule has 114 valence electrons. The molecule has 2 aliphatic carbocycles. The first-order valence-corrected chi connectivity index (χ1v) is 8.31. The van der Waals surface area contributed by atoms with Crippen molar-refractivity contribution >= 4 is 5.78 Å². The summed E-state index contributed by atoms with van der Waals surface area (Å²) in [4.78, 5) is 14.9. The van der Waals surface area contributed by atoms with Gasteiger partial charge < -0.3 is 10.0 Å². The Morgan fingerprint density at radius 3 is 2.45 bits per heavy atom. The van der Waals surface area contributed by atoms with Gasteiger partial charge in [-0.25, -0.2) is 0 Å². The summed E-state index contributed by atoms with van der Waals surface area (Å²) in [5, 5.41) is 10.9. The average Bonchev–Trinajstić information content (AvgIpc) is 2.76. The molecule has 0 aromatic heterocycles. The number of nitrogens with zero attached hydrogens (tertiary/aromatic N) is 1. The lowest BCUT2D eigenvalue weighted by atomic mass is 9.65. The second kappa shape index (κ2) is 4.81. The molecule has 1 saturated heterocycles. The van der Waals surface area contributed by atoms with E-state index in [1.54, 1.807) is 0 Å². The smallest absolute Gasteiger partial charge is 0.142 e. The highest BCUT2D eigenvalue weighted by atomic mass is 16.3. The maximum Gasteiger partial charge on any atom is 0.142 e. The van der Waals surface area contributed by atoms with Crippen LogP contribution < -0.4 is 0 Å². The number of hydrogen-bond acceptors (Lipinski definition) is 3. The largest absolute Gasteiger partial charge is 0.391 e. The van der Waals surface area contributed by atoms with Crippen LogP contribution in [0.3, 0.4) is 0 Å². The molecule has 1 aliphatic heterocycles. The van der Waals surface area contributed by atoms with Gasteiger partial charge in [0.15, 0.2) is 0 Å². The number of rotatable bonds is 3. The minimum Gasteiger partial charge on any atom is -0.391 e. The van der Waals surface area contributed by atoms with Crippen LogP contribution in [0.25, 0.3) is 0 Å². The van der Waals surface area contributed by atoms with Crippen LogP contribution in [0.15, 0.2) is 0 Å². The van der Waals surface area contributed by atoms with E-state index in [4.69, 9.17) is 0 Å². The Morgan fingerprint density at radius 2 is 1.95 bits per heavy atom. The highest BCUT2D eigenvalue weighted by Crippen LogP contribution is 2.65. The molecule has 0 spiro atoms. The third kappa shape index (κ3) is 1.89. The number of Topliss-reactive ketones (excluding diaryl/α,β-unsaturated/α-hetero) is 1. The minimum absolute atomic E-state index is 0.0213. The molecule has 2 saturated carbocycles. The zero-order chi connectivity index (χ0) is 14.5. The Balaban J connectivity index is 1.73. The van der Waals surface area contributed by atoms with Crippen molar-refractivity contribution in [2.75, 3.05) is 19.6 Å². The van der Waals surface area contributed by atoms with Crippen LogP contribution in [0.5, 0.6) is 0 Å². The van der Waals surface area contributed by atoms with Gasteiger partial charge in [-0.3, -0.25) is 4.79 Å². The van der Waals surface area contributed by atoms with Crippen LogP contribution in [-0.2, 0) is 4.79 Å². The van der Waals surface area contributed by atoms with Crippen LogP contribution in [0.1, 0.15) is 52.9 Å². The number of likely N-dealkylation sites (tertiary alicyclic amines) is 1. The van der Waals surface area contributed by atoms with Crippen molar-refractivity contribution in [3.8, 4) is 0 Å². The number of carbonyl (C=O) groups is 1. The van der Waals surface area contributed by atoms with Crippen LogP contribution in [0.2, 0.25) is 0 Å². The second-order valence-electron chi connectivity index (χ2n) is 8.05. The average molecular weight is 279 g/mol. The molecule has 3 atom stereocenters. The highest BCUT2D eigenvalue weighted by molar-refractivity contribution is 5.90. The molecule has 2 bridgehead atoms. The van der Waals surface area contributed by atoms with E-state index in [0.717, 1.165) is 31.8 Å². The van der Waals surface area contributed by atoms with Crippen molar-refractivity contribution in [3.05, 3.63) is 0 Å². The van der Waals surface area contributed by atoms with Gasteiger partial charge in [-0.2, -0.15) is 0 Å². The number of aliphatic hydroxyl groups excluding tert-OH is 1. The van der Waals surface area contributed by atoms with Crippen molar-refractivity contribution in [1.29, 1.82) is 0 Å². The van der Waals surface area contributed by atoms with E-state index >= 15 is 0 Å². The highest BCUT2D eigenvalue weighted by Gasteiger charge is 2.67. The maximum absolute atomic E-state index is 12.5. The second-order valence-corrected chi connectivity index (χ2v) is 8.05. The standard InChI is InChI=1S/C17H29NO2/c1-12-5-8-18(9-6-12)11-15(20)17-7-4-13(10-14(17)19)16(17,2)3/h12-13,15,20H,4-11H2,1-3H3/t13-,15+,17+/m1/s1. The third-order valence-electron chi connectivity index (χ3n) is 6.86. The van der Waals surface area contributed by atoms with Gasteiger partial charge >= 0.3 is 0 Å². The van der Waals surface area contributed by atoms with Crippen molar-refractivity contribution < 1.29 is 9.90 Å². The van der Waals surface area contributed by atoms with Crippen LogP contribution in [0, 0.1) is 22.7 Å². The fraction of sp³-hybridized carbons (Fsp3) is 0.941. The van der Waals surface area contributed by atoms with Gasteiger partial charge in [-0.1, -0.05) is 20.8 Å². The molecule has 3 nitrogen and oxygen atoms in total. The molecule has 3 fully saturated rings. The molecule has 3 aliphatic rings. The van der Waals surface area contributed by atoms with Crippen LogP contribution >= 0.6 is 0 Å². The number of hydrogen-bond donors (Lipinski definition) is 1. The lowest BCUT2D eigenvalue weighted by molar-refractivity contribution is -0.140. The van der Waals surface area contributed by atoms with Gasteiger partial charge in [0.1, 0.15) is 5.78 Å². The van der Waals surface area contributed by atoms with E-state index < -0.39 is 11.5 Å². The summed E-state index contributed by atoms with van der Waals surface area (Å²) < 4.78 is 0. The van der Waals surface area contributed by atoms with E-state index in [0.29, 0.717) is 24.7 Å². The lowest BCUT2D eigenvalue weighted by Crippen LogP contribution is -2.52. The molecule has 0 unspecified atom stereocenters. The number of carbonyl (C=O) groups excluding carboxylic acids is 1. The van der Waals surface area contributed by atoms with Crippen molar-refractivity contribution in [1.82, 2.24) is 4.90 Å². The number of ketones is 1. The number of piperidine rings is 1.